The maximum absolute atomic E-state index is 6.12. The van der Waals surface area contributed by atoms with Gasteiger partial charge in [-0.25, -0.2) is 5.10 Å². The minimum Gasteiger partial charge on any atom is -0.456 e. The molecule has 0 bridgehead atoms. The highest BCUT2D eigenvalue weighted by Crippen LogP contribution is 2.31. The molecule has 21 heavy (non-hydrogen) atoms. The summed E-state index contributed by atoms with van der Waals surface area (Å²) in [7, 11) is 0. The van der Waals surface area contributed by atoms with Crippen molar-refractivity contribution in [2.24, 2.45) is 0 Å². The number of hydrogen-bond donors (Lipinski definition) is 1. The summed E-state index contributed by atoms with van der Waals surface area (Å²) in [4.78, 5) is 0. The molecule has 1 N–H and O–H groups in total. The monoisotopic (exact) mass is 319 g/mol. The lowest BCUT2D eigenvalue weighted by Crippen LogP contribution is -1.93. The van der Waals surface area contributed by atoms with Crippen LogP contribution in [0.2, 0.25) is 10.0 Å². The van der Waals surface area contributed by atoms with E-state index in [-0.39, 0.29) is 0 Å². The molecular weight excluding hydrogens is 311 g/mol. The van der Waals surface area contributed by atoms with E-state index in [1.54, 1.807) is 24.3 Å². The Morgan fingerprint density at radius 2 is 2.14 bits per heavy atom. The maximum Gasteiger partial charge on any atom is 0.152 e. The van der Waals surface area contributed by atoms with Crippen molar-refractivity contribution in [3.05, 3.63) is 63.9 Å². The first-order valence-corrected chi connectivity index (χ1v) is 6.82. The Morgan fingerprint density at radius 1 is 1.24 bits per heavy atom. The zero-order valence-electron chi connectivity index (χ0n) is 10.7. The topological polar surface area (TPSA) is 63.7 Å². The third kappa shape index (κ3) is 3.51. The lowest BCUT2D eigenvalue weighted by Gasteiger charge is -2.09. The zero-order chi connectivity index (χ0) is 14.7. The van der Waals surface area contributed by atoms with Gasteiger partial charge in [0, 0.05) is 11.4 Å². The minimum absolute atomic E-state index is 0.485. The molecule has 0 aliphatic heterocycles. The predicted octanol–water partition coefficient (Wildman–Crippen LogP) is 3.69. The van der Waals surface area contributed by atoms with Gasteiger partial charge in [-0.3, -0.25) is 0 Å². The Kier molecular flexibility index (Phi) is 4.03. The molecule has 3 rings (SSSR count). The number of tetrazole rings is 1. The smallest absolute Gasteiger partial charge is 0.152 e. The van der Waals surface area contributed by atoms with Crippen molar-refractivity contribution in [1.82, 2.24) is 20.6 Å². The lowest BCUT2D eigenvalue weighted by atomic mass is 10.1. The van der Waals surface area contributed by atoms with Crippen LogP contribution in [0.5, 0.6) is 11.5 Å². The average Bonchev–Trinajstić information content (AvgIpc) is 2.93. The second-order valence-electron chi connectivity index (χ2n) is 4.28. The molecule has 0 amide bonds. The molecule has 0 saturated heterocycles. The van der Waals surface area contributed by atoms with Crippen LogP contribution in [-0.4, -0.2) is 20.6 Å². The van der Waals surface area contributed by atoms with Gasteiger partial charge in [0.2, 0.25) is 0 Å². The first-order valence-electron chi connectivity index (χ1n) is 6.06. The molecule has 0 saturated carbocycles. The van der Waals surface area contributed by atoms with Gasteiger partial charge in [0.25, 0.3) is 0 Å². The van der Waals surface area contributed by atoms with Crippen molar-refractivity contribution >= 4 is 23.2 Å². The van der Waals surface area contributed by atoms with Crippen LogP contribution in [0.1, 0.15) is 11.4 Å². The molecule has 3 aromatic rings. The van der Waals surface area contributed by atoms with Gasteiger partial charge in [-0.2, -0.15) is 0 Å². The summed E-state index contributed by atoms with van der Waals surface area (Å²) in [5, 5.41) is 14.7. The van der Waals surface area contributed by atoms with Gasteiger partial charge in [0.1, 0.15) is 11.5 Å². The Bertz CT molecular complexity index is 746. The number of halogens is 2. The summed E-state index contributed by atoms with van der Waals surface area (Å²) in [6.07, 6.45) is 0.528. The minimum atomic E-state index is 0.485. The second-order valence-corrected chi connectivity index (χ2v) is 5.12. The Labute approximate surface area is 130 Å². The third-order valence-electron chi connectivity index (χ3n) is 2.70. The molecule has 105 valence electrons. The Hall–Kier alpha value is -2.11. The summed E-state index contributed by atoms with van der Waals surface area (Å²) in [5.74, 6) is 1.79. The molecule has 1 heterocycles. The number of hydrogen-bond acceptors (Lipinski definition) is 4. The molecule has 1 aromatic heterocycles. The summed E-state index contributed by atoms with van der Waals surface area (Å²) in [6.45, 7) is 0. The fraction of sp³-hybridized carbons (Fsp3) is 0.0714. The number of H-pyrrole nitrogens is 1. The van der Waals surface area contributed by atoms with Gasteiger partial charge in [-0.05, 0) is 52.4 Å². The predicted molar refractivity (Wildman–Crippen MR) is 78.8 cm³/mol. The van der Waals surface area contributed by atoms with E-state index in [9.17, 15) is 0 Å². The standard InChI is InChI=1S/C14H9Cl2N4O/c15-10-5-9(7-14-17-19-20-18-14)6-11(8-10)21-13-4-2-1-3-12(13)16/h2-6,8H,7H2,(H,17,18,19,20). The molecule has 1 radical (unpaired) electrons. The Morgan fingerprint density at radius 3 is 2.90 bits per heavy atom. The quantitative estimate of drug-likeness (QED) is 0.796. The van der Waals surface area contributed by atoms with Crippen LogP contribution in [-0.2, 0) is 6.42 Å². The molecule has 5 nitrogen and oxygen atoms in total. The van der Waals surface area contributed by atoms with Crippen LogP contribution >= 0.6 is 23.2 Å². The van der Waals surface area contributed by atoms with Crippen LogP contribution in [0, 0.1) is 6.07 Å². The van der Waals surface area contributed by atoms with Crippen molar-refractivity contribution in [1.29, 1.82) is 0 Å². The highest BCUT2D eigenvalue weighted by atomic mass is 35.5. The van der Waals surface area contributed by atoms with Gasteiger partial charge in [0.05, 0.1) is 5.02 Å². The fourth-order valence-corrected chi connectivity index (χ4v) is 2.25. The van der Waals surface area contributed by atoms with Crippen LogP contribution in [0.3, 0.4) is 0 Å². The number of aromatic amines is 1. The molecule has 0 unspecified atom stereocenters. The molecule has 0 spiro atoms. The number of rotatable bonds is 4. The van der Waals surface area contributed by atoms with E-state index in [0.29, 0.717) is 33.8 Å². The van der Waals surface area contributed by atoms with Crippen LogP contribution in [0.4, 0.5) is 0 Å². The van der Waals surface area contributed by atoms with E-state index in [1.807, 2.05) is 12.1 Å². The number of nitrogens with one attached hydrogen (secondary N) is 1. The van der Waals surface area contributed by atoms with E-state index >= 15 is 0 Å². The van der Waals surface area contributed by atoms with Crippen LogP contribution in [0.25, 0.3) is 0 Å². The fourth-order valence-electron chi connectivity index (χ4n) is 1.83. The van der Waals surface area contributed by atoms with E-state index in [0.717, 1.165) is 5.56 Å². The number of nitrogens with zero attached hydrogens (tertiary/aromatic N) is 3. The lowest BCUT2D eigenvalue weighted by molar-refractivity contribution is 0.482. The largest absolute Gasteiger partial charge is 0.456 e. The number of ether oxygens (including phenoxy) is 1. The molecule has 0 aliphatic carbocycles. The number of aromatic nitrogens is 4. The summed E-state index contributed by atoms with van der Waals surface area (Å²) in [6, 6.07) is 13.4. The summed E-state index contributed by atoms with van der Waals surface area (Å²) < 4.78 is 5.75. The van der Waals surface area contributed by atoms with Crippen LogP contribution in [0.15, 0.2) is 36.4 Å². The van der Waals surface area contributed by atoms with Crippen molar-refractivity contribution in [2.45, 2.75) is 6.42 Å². The van der Waals surface area contributed by atoms with Gasteiger partial charge in [-0.1, -0.05) is 29.3 Å². The zero-order valence-corrected chi connectivity index (χ0v) is 12.2. The van der Waals surface area contributed by atoms with E-state index in [1.165, 1.54) is 0 Å². The maximum atomic E-state index is 6.12. The third-order valence-corrected chi connectivity index (χ3v) is 3.21. The SMILES string of the molecule is Clc1cc(Cc2nnn[nH]2)cc(Oc2cc[c]cc2Cl)c1. The Balaban J connectivity index is 1.86. The van der Waals surface area contributed by atoms with E-state index in [4.69, 9.17) is 27.9 Å². The van der Waals surface area contributed by atoms with Crippen molar-refractivity contribution in [3.8, 4) is 11.5 Å². The summed E-state index contributed by atoms with van der Waals surface area (Å²) >= 11 is 12.2. The van der Waals surface area contributed by atoms with Crippen molar-refractivity contribution in [3.63, 3.8) is 0 Å². The van der Waals surface area contributed by atoms with Crippen molar-refractivity contribution < 1.29 is 4.74 Å². The normalized spacial score (nSPS) is 10.6. The van der Waals surface area contributed by atoms with Crippen LogP contribution < -0.4 is 4.74 Å². The van der Waals surface area contributed by atoms with Gasteiger partial charge >= 0.3 is 0 Å². The first kappa shape index (κ1) is 13.9. The number of benzene rings is 2. The molecule has 7 heteroatoms. The summed E-state index contributed by atoms with van der Waals surface area (Å²) in [5.41, 5.74) is 0.926. The highest BCUT2D eigenvalue weighted by Gasteiger charge is 2.07. The average molecular weight is 320 g/mol. The van der Waals surface area contributed by atoms with Crippen molar-refractivity contribution in [2.75, 3.05) is 0 Å². The molecule has 0 fully saturated rings. The van der Waals surface area contributed by atoms with Gasteiger partial charge < -0.3 is 4.74 Å². The van der Waals surface area contributed by atoms with Gasteiger partial charge in [0.15, 0.2) is 5.82 Å². The second kappa shape index (κ2) is 6.11. The van der Waals surface area contributed by atoms with E-state index in [2.05, 4.69) is 26.7 Å². The van der Waals surface area contributed by atoms with Gasteiger partial charge in [-0.15, -0.1) is 5.10 Å². The molecule has 2 aromatic carbocycles. The highest BCUT2D eigenvalue weighted by molar-refractivity contribution is 6.32. The molecular formula is C14H9Cl2N4O. The molecule has 0 atom stereocenters. The first-order chi connectivity index (χ1) is 10.2. The molecule has 0 aliphatic rings. The van der Waals surface area contributed by atoms with E-state index < -0.39 is 0 Å².